The van der Waals surface area contributed by atoms with Crippen molar-refractivity contribution in [3.8, 4) is 5.75 Å². The third-order valence-corrected chi connectivity index (χ3v) is 4.63. The Morgan fingerprint density at radius 1 is 1.14 bits per heavy atom. The van der Waals surface area contributed by atoms with Crippen molar-refractivity contribution in [3.63, 3.8) is 0 Å². The number of morpholine rings is 1. The molecule has 1 saturated heterocycles. The highest BCUT2D eigenvalue weighted by atomic mass is 16.5. The molecule has 2 amide bonds. The fraction of sp³-hybridized carbons (Fsp3) is 0.350. The molecule has 1 aromatic carbocycles. The standard InChI is InChI=1S/C20H24N4O5/c25-19(22-13-18(20(26)23-27)24-9-11-28-12-10-24)16-1-3-17(4-2-16)29-14-15-5-7-21-8-6-15/h1-8,18,27H,9-14H2,(H,22,25)(H,23,26). The van der Waals surface area contributed by atoms with E-state index < -0.39 is 11.9 Å². The van der Waals surface area contributed by atoms with Gasteiger partial charge in [-0.25, -0.2) is 5.48 Å². The molecule has 2 heterocycles. The first-order chi connectivity index (χ1) is 14.2. The van der Waals surface area contributed by atoms with Crippen LogP contribution in [0.25, 0.3) is 0 Å². The molecule has 3 N–H and O–H groups in total. The number of rotatable bonds is 8. The van der Waals surface area contributed by atoms with Crippen molar-refractivity contribution in [1.82, 2.24) is 20.7 Å². The zero-order valence-electron chi connectivity index (χ0n) is 15.9. The van der Waals surface area contributed by atoms with Gasteiger partial charge in [0, 0.05) is 37.6 Å². The smallest absolute Gasteiger partial charge is 0.262 e. The number of carbonyl (C=O) groups is 2. The number of pyridine rings is 1. The molecule has 0 aliphatic carbocycles. The van der Waals surface area contributed by atoms with Gasteiger partial charge in [-0.2, -0.15) is 0 Å². The number of hydrogen-bond acceptors (Lipinski definition) is 7. The Bertz CT molecular complexity index is 794. The summed E-state index contributed by atoms with van der Waals surface area (Å²) in [6.07, 6.45) is 3.40. The minimum absolute atomic E-state index is 0.0749. The Morgan fingerprint density at radius 2 is 1.83 bits per heavy atom. The lowest BCUT2D eigenvalue weighted by atomic mass is 10.1. The van der Waals surface area contributed by atoms with Crippen LogP contribution in [0.5, 0.6) is 5.75 Å². The molecule has 9 heteroatoms. The lowest BCUT2D eigenvalue weighted by molar-refractivity contribution is -0.136. The van der Waals surface area contributed by atoms with Crippen LogP contribution in [0.4, 0.5) is 0 Å². The molecule has 9 nitrogen and oxygen atoms in total. The first kappa shape index (κ1) is 20.7. The van der Waals surface area contributed by atoms with Gasteiger partial charge in [-0.05, 0) is 42.0 Å². The molecule has 1 aliphatic heterocycles. The predicted octanol–water partition coefficient (Wildman–Crippen LogP) is 0.597. The molecule has 154 valence electrons. The molecule has 2 aromatic rings. The number of carbonyl (C=O) groups excluding carboxylic acids is 2. The Morgan fingerprint density at radius 3 is 2.48 bits per heavy atom. The molecular formula is C20H24N4O5. The molecule has 1 unspecified atom stereocenters. The second kappa shape index (κ2) is 10.5. The Kier molecular flexibility index (Phi) is 7.51. The normalized spacial score (nSPS) is 15.3. The number of ether oxygens (including phenoxy) is 2. The Balaban J connectivity index is 1.53. The molecule has 1 aromatic heterocycles. The lowest BCUT2D eigenvalue weighted by Gasteiger charge is -2.33. The van der Waals surface area contributed by atoms with Crippen molar-refractivity contribution in [3.05, 3.63) is 59.9 Å². The summed E-state index contributed by atoms with van der Waals surface area (Å²) in [6, 6.07) is 9.83. The summed E-state index contributed by atoms with van der Waals surface area (Å²) in [7, 11) is 0. The first-order valence-corrected chi connectivity index (χ1v) is 9.33. The minimum Gasteiger partial charge on any atom is -0.489 e. The summed E-state index contributed by atoms with van der Waals surface area (Å²) in [5, 5.41) is 11.7. The average molecular weight is 400 g/mol. The van der Waals surface area contributed by atoms with E-state index in [-0.39, 0.29) is 12.5 Å². The van der Waals surface area contributed by atoms with Crippen molar-refractivity contribution in [2.24, 2.45) is 0 Å². The van der Waals surface area contributed by atoms with Gasteiger partial charge in [-0.1, -0.05) is 0 Å². The maximum atomic E-state index is 12.4. The molecule has 0 spiro atoms. The number of nitrogens with zero attached hydrogens (tertiary/aromatic N) is 2. The number of nitrogens with one attached hydrogen (secondary N) is 2. The van der Waals surface area contributed by atoms with Crippen molar-refractivity contribution < 1.29 is 24.3 Å². The number of aromatic nitrogens is 1. The van der Waals surface area contributed by atoms with Crippen molar-refractivity contribution in [2.75, 3.05) is 32.8 Å². The van der Waals surface area contributed by atoms with Gasteiger partial charge in [0.1, 0.15) is 18.4 Å². The fourth-order valence-corrected chi connectivity index (χ4v) is 2.99. The van der Waals surface area contributed by atoms with Gasteiger partial charge >= 0.3 is 0 Å². The summed E-state index contributed by atoms with van der Waals surface area (Å²) in [5.74, 6) is -0.231. The molecule has 29 heavy (non-hydrogen) atoms. The van der Waals surface area contributed by atoms with Crippen LogP contribution in [0.2, 0.25) is 0 Å². The third-order valence-electron chi connectivity index (χ3n) is 4.63. The van der Waals surface area contributed by atoms with Crippen LogP contribution >= 0.6 is 0 Å². The van der Waals surface area contributed by atoms with Crippen LogP contribution < -0.4 is 15.5 Å². The van der Waals surface area contributed by atoms with Crippen molar-refractivity contribution in [2.45, 2.75) is 12.6 Å². The molecule has 3 rings (SSSR count). The van der Waals surface area contributed by atoms with Crippen LogP contribution in [0.3, 0.4) is 0 Å². The zero-order valence-corrected chi connectivity index (χ0v) is 15.9. The largest absolute Gasteiger partial charge is 0.489 e. The van der Waals surface area contributed by atoms with Crippen LogP contribution in [0.15, 0.2) is 48.8 Å². The number of amides is 2. The van der Waals surface area contributed by atoms with Crippen molar-refractivity contribution >= 4 is 11.8 Å². The van der Waals surface area contributed by atoms with Gasteiger partial charge in [0.25, 0.3) is 11.8 Å². The van der Waals surface area contributed by atoms with Crippen LogP contribution in [-0.2, 0) is 16.1 Å². The van der Waals surface area contributed by atoms with Crippen LogP contribution in [0, 0.1) is 0 Å². The summed E-state index contributed by atoms with van der Waals surface area (Å²) >= 11 is 0. The highest BCUT2D eigenvalue weighted by molar-refractivity contribution is 5.94. The highest BCUT2D eigenvalue weighted by Crippen LogP contribution is 2.14. The second-order valence-electron chi connectivity index (χ2n) is 6.52. The van der Waals surface area contributed by atoms with E-state index in [1.807, 2.05) is 17.0 Å². The lowest BCUT2D eigenvalue weighted by Crippen LogP contribution is -2.55. The van der Waals surface area contributed by atoms with Crippen LogP contribution in [-0.4, -0.2) is 65.8 Å². The summed E-state index contributed by atoms with van der Waals surface area (Å²) in [5.41, 5.74) is 3.12. The molecular weight excluding hydrogens is 376 g/mol. The topological polar surface area (TPSA) is 113 Å². The second-order valence-corrected chi connectivity index (χ2v) is 6.52. The molecule has 0 radical (unpaired) electrons. The van der Waals surface area contributed by atoms with E-state index in [1.165, 1.54) is 0 Å². The number of benzene rings is 1. The van der Waals surface area contributed by atoms with E-state index in [2.05, 4.69) is 10.3 Å². The van der Waals surface area contributed by atoms with E-state index in [0.29, 0.717) is 44.2 Å². The van der Waals surface area contributed by atoms with Gasteiger partial charge in [-0.15, -0.1) is 0 Å². The highest BCUT2D eigenvalue weighted by Gasteiger charge is 2.27. The summed E-state index contributed by atoms with van der Waals surface area (Å²) < 4.78 is 11.0. The van der Waals surface area contributed by atoms with E-state index in [0.717, 1.165) is 5.56 Å². The monoisotopic (exact) mass is 400 g/mol. The van der Waals surface area contributed by atoms with Crippen LogP contribution in [0.1, 0.15) is 15.9 Å². The van der Waals surface area contributed by atoms with E-state index in [4.69, 9.17) is 14.7 Å². The maximum Gasteiger partial charge on any atom is 0.262 e. The maximum absolute atomic E-state index is 12.4. The average Bonchev–Trinajstić information content (AvgIpc) is 2.79. The Labute approximate surface area is 168 Å². The Hall–Kier alpha value is -3.01. The van der Waals surface area contributed by atoms with E-state index >= 15 is 0 Å². The molecule has 1 atom stereocenters. The summed E-state index contributed by atoms with van der Waals surface area (Å²) in [6.45, 7) is 2.60. The van der Waals surface area contributed by atoms with Gasteiger partial charge in [-0.3, -0.25) is 24.7 Å². The first-order valence-electron chi connectivity index (χ1n) is 9.33. The van der Waals surface area contributed by atoms with Crippen molar-refractivity contribution in [1.29, 1.82) is 0 Å². The van der Waals surface area contributed by atoms with Gasteiger partial charge in [0.05, 0.1) is 13.2 Å². The third kappa shape index (κ3) is 5.98. The van der Waals surface area contributed by atoms with Gasteiger partial charge in [0.15, 0.2) is 0 Å². The molecule has 1 aliphatic rings. The minimum atomic E-state index is -0.671. The number of hydrogen-bond donors (Lipinski definition) is 3. The molecule has 1 fully saturated rings. The summed E-state index contributed by atoms with van der Waals surface area (Å²) in [4.78, 5) is 30.2. The SMILES string of the molecule is O=C(NCC(C(=O)NO)N1CCOCC1)c1ccc(OCc2ccncc2)cc1. The van der Waals surface area contributed by atoms with E-state index in [1.54, 1.807) is 42.1 Å². The fourth-order valence-electron chi connectivity index (χ4n) is 2.99. The predicted molar refractivity (Wildman–Crippen MR) is 103 cm³/mol. The van der Waals surface area contributed by atoms with Gasteiger partial charge < -0.3 is 14.8 Å². The van der Waals surface area contributed by atoms with Gasteiger partial charge in [0.2, 0.25) is 0 Å². The zero-order chi connectivity index (χ0) is 20.5. The number of hydroxylamine groups is 1. The molecule has 0 bridgehead atoms. The van der Waals surface area contributed by atoms with E-state index in [9.17, 15) is 9.59 Å². The molecule has 0 saturated carbocycles. The quantitative estimate of drug-likeness (QED) is 0.439.